The number of aliphatic hydroxyl groups excluding tert-OH is 2. The van der Waals surface area contributed by atoms with Crippen molar-refractivity contribution in [1.82, 2.24) is 38.8 Å². The van der Waals surface area contributed by atoms with E-state index in [0.717, 1.165) is 67.3 Å². The second-order valence-corrected chi connectivity index (χ2v) is 42.5. The number of nitrogen functional groups attached to an aromatic ring is 1. The first-order valence-corrected chi connectivity index (χ1v) is 47.0. The van der Waals surface area contributed by atoms with E-state index in [0.29, 0.717) is 9.80 Å². The van der Waals surface area contributed by atoms with Gasteiger partial charge in [-0.2, -0.15) is 34.9 Å². The van der Waals surface area contributed by atoms with Crippen LogP contribution in [0.3, 0.4) is 0 Å². The van der Waals surface area contributed by atoms with Gasteiger partial charge < -0.3 is 53.4 Å². The lowest BCUT2D eigenvalue weighted by atomic mass is 10.0. The quantitative estimate of drug-likeness (QED) is 0.0145. The van der Waals surface area contributed by atoms with Gasteiger partial charge in [-0.3, -0.25) is 32.3 Å². The molecule has 0 spiro atoms. The maximum Gasteiger partial charge on any atom is 0.459 e. The van der Waals surface area contributed by atoms with Crippen LogP contribution in [0, 0.1) is 19.0 Å². The number of rotatable bonds is 26. The molecule has 4 aromatic carbocycles. The molecule has 0 radical (unpaired) electrons. The summed E-state index contributed by atoms with van der Waals surface area (Å²) in [7, 11) is -8.56. The summed E-state index contributed by atoms with van der Waals surface area (Å²) >= 11 is 7.30. The molecule has 3 aromatic heterocycles. The Morgan fingerprint density at radius 1 is 0.496 bits per heavy atom. The number of aliphatic hydroxyl groups is 2. The van der Waals surface area contributed by atoms with Crippen molar-refractivity contribution in [3.05, 3.63) is 196 Å². The minimum absolute atomic E-state index is 0.000416. The van der Waals surface area contributed by atoms with Crippen molar-refractivity contribution < 1.29 is 108 Å². The van der Waals surface area contributed by atoms with E-state index in [2.05, 4.69) is 70.3 Å². The molecule has 682 valence electrons. The van der Waals surface area contributed by atoms with Gasteiger partial charge in [-0.1, -0.05) is 74.5 Å². The van der Waals surface area contributed by atoms with Crippen LogP contribution < -0.4 is 51.8 Å². The van der Waals surface area contributed by atoms with E-state index >= 15 is 8.78 Å². The average Bonchev–Trinajstić information content (AvgIpc) is 1.70. The fourth-order valence-electron chi connectivity index (χ4n) is 11.5. The Morgan fingerprint density at radius 2 is 0.816 bits per heavy atom. The van der Waals surface area contributed by atoms with Crippen molar-refractivity contribution in [3.63, 3.8) is 0 Å². The van der Waals surface area contributed by atoms with Crippen molar-refractivity contribution >= 4 is 150 Å². The standard InChI is InChI=1S/C36H45FIN4O10PS.C25H27FIN4O7PS.C20H30FN3O6S/c1-22-27(21-49-53(47,52-26-16-14-25(38)15-17-26)40-23(2)31(43)48-20-24-12-10-9-11-13-24)54-30(29(22)37)41-19-18-28(39-32(41)44)42(33(45)50-35(3,4)5)34(46)51-36(6,7)8;1-15(24(33)36-13-16-5-3-2-4-6-16)30-39(35,38-18-9-7-17(27)8-10-18)37-14-19-22(32)21(26)23(40-19)31-12-11-20(28)29-25(31)34;1-11-12(10-25)31-15(14(11)21)23-9-8-13(22-16(23)26)24(17(27)29-19(2,3)4)18(28)30-20(5,6)7/h9-19,22-23,27,29-30H,20-21H2,1-8H3,(H,40,47);2-12,15,19,21-23,32H,13-14H2,1H3,(H,30,35)(H2,28,29,34);8-9,11-12,14-15,25H,10H2,1-7H3/t22-,23+,27-,29+,30-,53?;15-,19+,21-,22+,23+,39?;11-,12-,14+,15-/m101/s1. The Balaban J connectivity index is 0.000000242. The summed E-state index contributed by atoms with van der Waals surface area (Å²) in [6, 6.07) is 32.9. The highest BCUT2D eigenvalue weighted by Gasteiger charge is 2.49. The van der Waals surface area contributed by atoms with Crippen LogP contribution in [-0.4, -0.2) is 170 Å². The Hall–Kier alpha value is -8.14. The van der Waals surface area contributed by atoms with Crippen molar-refractivity contribution in [2.24, 2.45) is 11.8 Å². The van der Waals surface area contributed by atoms with Gasteiger partial charge in [-0.25, -0.2) is 55.9 Å². The minimum Gasteiger partial charge on any atom is -0.460 e. The fraction of sp³-hybridized carbons (Fsp3) is 0.481. The lowest BCUT2D eigenvalue weighted by Crippen LogP contribution is -2.45. The first kappa shape index (κ1) is 102. The van der Waals surface area contributed by atoms with E-state index in [1.165, 1.54) is 50.6 Å². The Kier molecular flexibility index (Phi) is 36.2. The topological polar surface area (TPSA) is 431 Å². The molecule has 3 fully saturated rings. The highest BCUT2D eigenvalue weighted by Crippen LogP contribution is 2.53. The van der Waals surface area contributed by atoms with Gasteiger partial charge >= 0.3 is 68.9 Å². The maximum absolute atomic E-state index is 15.9. The fourth-order valence-corrected chi connectivity index (χ4v) is 20.0. The molecule has 2 unspecified atom stereocenters. The number of amides is 4. The maximum atomic E-state index is 15.9. The molecule has 10 rings (SSSR count). The summed E-state index contributed by atoms with van der Waals surface area (Å²) in [6.45, 7) is 24.6. The summed E-state index contributed by atoms with van der Waals surface area (Å²) in [6.07, 6.45) is -6.94. The van der Waals surface area contributed by atoms with Crippen molar-refractivity contribution in [3.8, 4) is 11.5 Å². The van der Waals surface area contributed by atoms with Crippen molar-refractivity contribution in [2.45, 2.75) is 215 Å². The number of alkyl halides is 3. The van der Waals surface area contributed by atoms with Gasteiger partial charge in [0.1, 0.15) is 99.6 Å². The molecule has 3 saturated heterocycles. The Bertz CT molecular complexity index is 5100. The first-order valence-electron chi connectivity index (χ1n) is 38.9. The molecule has 6 N–H and O–H groups in total. The third-order valence-corrected chi connectivity index (χ3v) is 27.3. The van der Waals surface area contributed by atoms with Crippen LogP contribution >= 0.6 is 96.0 Å². The van der Waals surface area contributed by atoms with E-state index < -0.39 is 173 Å². The van der Waals surface area contributed by atoms with Crippen molar-refractivity contribution in [2.75, 3.05) is 35.4 Å². The second-order valence-electron chi connectivity index (χ2n) is 32.6. The van der Waals surface area contributed by atoms with E-state index in [4.69, 9.17) is 52.2 Å². The first-order chi connectivity index (χ1) is 58.3. The predicted octanol–water partition coefficient (Wildman–Crippen LogP) is 15.2. The molecule has 44 heteroatoms. The molecule has 3 aliphatic rings. The molecule has 4 amide bonds. The van der Waals surface area contributed by atoms with Crippen LogP contribution in [0.1, 0.15) is 138 Å². The van der Waals surface area contributed by atoms with E-state index in [1.807, 2.05) is 36.4 Å². The van der Waals surface area contributed by atoms with Crippen LogP contribution in [0.25, 0.3) is 0 Å². The SMILES string of the molecule is C[C@H](NP(=O)(OC[C@H]1S[C@@H](n2ccc(N)nc2=O)[C@@H](F)[C@@H]1O)Oc1ccc(I)cc1)C(=O)OCc1ccccc1.C[C@H]1[C@H](F)[C@H](n2ccc(N(C(=O)OC(C)(C)C)C(=O)OC(C)(C)C)nc2=O)S[C@@H]1CO.C[C@H]1[C@H](F)[C@H](n2ccc(N(C(=O)OC(C)(C)C)C(=O)OC(C)(C)C)nc2=O)S[C@@H]1COP(=O)(N[C@@H](C)C(=O)OCc1ccccc1)Oc1ccc(I)cc1. The number of hydrogen-bond donors (Lipinski definition) is 5. The van der Waals surface area contributed by atoms with Gasteiger partial charge in [0.2, 0.25) is 0 Å². The van der Waals surface area contributed by atoms with Gasteiger partial charge in [0.15, 0.2) is 17.8 Å². The smallest absolute Gasteiger partial charge is 0.459 e. The number of aromatic nitrogens is 6. The van der Waals surface area contributed by atoms with Crippen LogP contribution in [0.5, 0.6) is 11.5 Å². The predicted molar refractivity (Wildman–Crippen MR) is 482 cm³/mol. The van der Waals surface area contributed by atoms with E-state index in [1.54, 1.807) is 170 Å². The van der Waals surface area contributed by atoms with Gasteiger partial charge in [0.05, 0.1) is 25.1 Å². The Labute approximate surface area is 760 Å². The number of thioether (sulfide) groups is 3. The highest BCUT2D eigenvalue weighted by atomic mass is 127. The molecule has 3 aliphatic heterocycles. The third-order valence-electron chi connectivity index (χ3n) is 17.6. The average molecular weight is 2070 g/mol. The lowest BCUT2D eigenvalue weighted by molar-refractivity contribution is -0.147. The molecular formula is C81H102F3I2N11O23P2S3. The molecule has 0 bridgehead atoms. The number of ether oxygens (including phenoxy) is 6. The highest BCUT2D eigenvalue weighted by molar-refractivity contribution is 14.1. The summed E-state index contributed by atoms with van der Waals surface area (Å²) in [5, 5.41) is 20.1. The monoisotopic (exact) mass is 2070 g/mol. The third kappa shape index (κ3) is 30.2. The molecule has 16 atom stereocenters. The van der Waals surface area contributed by atoms with Crippen LogP contribution in [0.15, 0.2) is 160 Å². The van der Waals surface area contributed by atoms with Gasteiger partial charge in [-0.05, 0) is 220 Å². The summed E-state index contributed by atoms with van der Waals surface area (Å²) in [5.74, 6) is -2.86. The molecule has 34 nitrogen and oxygen atoms in total. The van der Waals surface area contributed by atoms with Gasteiger partial charge in [-0.15, -0.1) is 35.3 Å². The van der Waals surface area contributed by atoms with Crippen LogP contribution in [-0.2, 0) is 69.4 Å². The number of halogens is 5. The molecule has 7 aromatic rings. The van der Waals surface area contributed by atoms with Gasteiger partial charge in [0.25, 0.3) is 0 Å². The number of carbonyl (C=O) groups is 6. The van der Waals surface area contributed by atoms with E-state index in [9.17, 15) is 66.9 Å². The zero-order valence-corrected chi connectivity index (χ0v) is 79.7. The number of anilines is 3. The molecule has 6 heterocycles. The largest absolute Gasteiger partial charge is 0.460 e. The lowest BCUT2D eigenvalue weighted by Gasteiger charge is -2.28. The molecular weight excluding hydrogens is 1960 g/mol. The molecule has 0 saturated carbocycles. The Morgan fingerprint density at radius 3 is 1.15 bits per heavy atom. The van der Waals surface area contributed by atoms with Crippen LogP contribution in [0.2, 0.25) is 0 Å². The van der Waals surface area contributed by atoms with Gasteiger partial charge in [0, 0.05) is 48.1 Å². The van der Waals surface area contributed by atoms with Crippen molar-refractivity contribution in [1.29, 1.82) is 0 Å². The molecule has 125 heavy (non-hydrogen) atoms. The second kappa shape index (κ2) is 44.2. The number of nitrogens with two attached hydrogens (primary N) is 1. The van der Waals surface area contributed by atoms with Crippen LogP contribution in [0.4, 0.5) is 49.8 Å². The summed E-state index contributed by atoms with van der Waals surface area (Å²) < 4.78 is 134. The number of imide groups is 2. The zero-order chi connectivity index (χ0) is 92.6. The number of nitrogens with one attached hydrogen (secondary N) is 2. The minimum atomic E-state index is -4.29. The number of esters is 2. The zero-order valence-electron chi connectivity index (χ0n) is 71.1. The summed E-state index contributed by atoms with van der Waals surface area (Å²) in [4.78, 5) is 128. The number of hydrogen-bond acceptors (Lipinski definition) is 30. The van der Waals surface area contributed by atoms with E-state index in [-0.39, 0.29) is 60.6 Å². The number of benzene rings is 4. The normalized spacial score (nSPS) is 22.0. The number of nitrogens with zero attached hydrogens (tertiary/aromatic N) is 8. The summed E-state index contributed by atoms with van der Waals surface area (Å²) in [5.41, 5.74) is 0.678. The molecule has 0 aliphatic carbocycles. The number of carbonyl (C=O) groups excluding carboxylic acids is 6.